The molecule has 10 nitrogen and oxygen atoms in total. The molecule has 1 aliphatic rings. The van der Waals surface area contributed by atoms with Gasteiger partial charge in [-0.05, 0) is 63.1 Å². The molecule has 1 amide bonds. The van der Waals surface area contributed by atoms with E-state index in [9.17, 15) is 4.79 Å². The molecule has 0 saturated carbocycles. The second-order valence-corrected chi connectivity index (χ2v) is 10.4. The van der Waals surface area contributed by atoms with Gasteiger partial charge in [0.15, 0.2) is 11.3 Å². The van der Waals surface area contributed by atoms with Crippen molar-refractivity contribution in [2.45, 2.75) is 39.8 Å². The van der Waals surface area contributed by atoms with Crippen molar-refractivity contribution >= 4 is 34.2 Å². The highest BCUT2D eigenvalue weighted by molar-refractivity contribution is 6.30. The lowest BCUT2D eigenvalue weighted by Crippen LogP contribution is -2.30. The number of rotatable bonds is 6. The lowest BCUT2D eigenvalue weighted by Gasteiger charge is -2.29. The number of methoxy groups -OCH3 is 2. The Balaban J connectivity index is 1.61. The third-order valence-corrected chi connectivity index (χ3v) is 7.39. The van der Waals surface area contributed by atoms with Gasteiger partial charge in [-0.15, -0.1) is 0 Å². The molecule has 3 aromatic heterocycles. The number of aryl methyl sites for hydroxylation is 2. The molecule has 204 valence electrons. The average Bonchev–Trinajstić information content (AvgIpc) is 3.60. The van der Waals surface area contributed by atoms with Crippen LogP contribution in [0.2, 0.25) is 5.02 Å². The number of amides is 1. The van der Waals surface area contributed by atoms with Crippen LogP contribution in [-0.4, -0.2) is 44.8 Å². The van der Waals surface area contributed by atoms with Gasteiger partial charge in [0, 0.05) is 28.3 Å². The predicted molar refractivity (Wildman–Crippen MR) is 150 cm³/mol. The number of carbonyl (C=O) groups excluding carboxylic acids is 1. The first-order valence-electron chi connectivity index (χ1n) is 12.8. The zero-order valence-electron chi connectivity index (χ0n) is 22.9. The first-order chi connectivity index (χ1) is 19.2. The summed E-state index contributed by atoms with van der Waals surface area (Å²) in [6, 6.07) is 11.0. The summed E-state index contributed by atoms with van der Waals surface area (Å²) in [5.74, 6) is 0.610. The molecule has 0 spiro atoms. The molecular weight excluding hydrogens is 532 g/mol. The van der Waals surface area contributed by atoms with E-state index in [4.69, 9.17) is 30.6 Å². The van der Waals surface area contributed by atoms with Gasteiger partial charge in [0.05, 0.1) is 31.2 Å². The standard InChI is InChI=1S/C29H27ClN6O4/c1-14(2)35-24-22(32-26(35)21-13-31-29(39-6)33-27(21)38-5)28(37)36(23(24)17-7-9-18(30)10-8-17)19-11-15(3)25-20(12-19)16(4)34-40-25/h7-14,23H,1-6H3. The number of nitrogens with zero attached hydrogens (tertiary/aromatic N) is 6. The van der Waals surface area contributed by atoms with Gasteiger partial charge in [0.2, 0.25) is 5.88 Å². The Morgan fingerprint density at radius 3 is 2.48 bits per heavy atom. The van der Waals surface area contributed by atoms with Crippen LogP contribution in [0, 0.1) is 13.8 Å². The van der Waals surface area contributed by atoms with Crippen LogP contribution in [0.25, 0.3) is 22.4 Å². The minimum Gasteiger partial charge on any atom is -0.480 e. The first-order valence-corrected chi connectivity index (χ1v) is 13.1. The van der Waals surface area contributed by atoms with Crippen LogP contribution in [0.15, 0.2) is 47.1 Å². The lowest BCUT2D eigenvalue weighted by atomic mass is 10.0. The zero-order chi connectivity index (χ0) is 28.3. The second kappa shape index (κ2) is 9.63. The third-order valence-electron chi connectivity index (χ3n) is 7.14. The van der Waals surface area contributed by atoms with Crippen LogP contribution in [0.3, 0.4) is 0 Å². The number of ether oxygens (including phenoxy) is 2. The molecule has 11 heteroatoms. The van der Waals surface area contributed by atoms with E-state index in [1.54, 1.807) is 11.1 Å². The van der Waals surface area contributed by atoms with Crippen LogP contribution in [0.4, 0.5) is 5.69 Å². The quantitative estimate of drug-likeness (QED) is 0.246. The van der Waals surface area contributed by atoms with Crippen LogP contribution < -0.4 is 14.4 Å². The average molecular weight is 559 g/mol. The van der Waals surface area contributed by atoms with Gasteiger partial charge in [-0.2, -0.15) is 4.98 Å². The number of hydrogen-bond donors (Lipinski definition) is 0. The molecule has 6 rings (SSSR count). The molecule has 5 aromatic rings. The SMILES string of the molecule is COc1ncc(-c2nc3c(n2C(C)C)C(c2ccc(Cl)cc2)N(c2cc(C)c4onc(C)c4c2)C3=O)c(OC)n1. The smallest absolute Gasteiger partial charge is 0.319 e. The molecule has 0 bridgehead atoms. The molecule has 0 aliphatic carbocycles. The number of anilines is 1. The van der Waals surface area contributed by atoms with E-state index in [1.165, 1.54) is 14.2 Å². The van der Waals surface area contributed by atoms with Crippen molar-refractivity contribution in [1.29, 1.82) is 0 Å². The Labute approximate surface area is 235 Å². The maximum absolute atomic E-state index is 14.3. The minimum atomic E-state index is -0.481. The highest BCUT2D eigenvalue weighted by Gasteiger charge is 2.45. The van der Waals surface area contributed by atoms with E-state index < -0.39 is 6.04 Å². The van der Waals surface area contributed by atoms with Gasteiger partial charge < -0.3 is 18.6 Å². The Morgan fingerprint density at radius 2 is 1.80 bits per heavy atom. The van der Waals surface area contributed by atoms with E-state index in [1.807, 2.05) is 64.1 Å². The van der Waals surface area contributed by atoms with Crippen molar-refractivity contribution in [2.75, 3.05) is 19.1 Å². The summed E-state index contributed by atoms with van der Waals surface area (Å²) in [5, 5.41) is 5.59. The van der Waals surface area contributed by atoms with Gasteiger partial charge in [-0.1, -0.05) is 28.9 Å². The minimum absolute atomic E-state index is 0.0647. The van der Waals surface area contributed by atoms with Gasteiger partial charge in [0.1, 0.15) is 11.9 Å². The number of hydrogen-bond acceptors (Lipinski definition) is 8. The molecule has 1 atom stereocenters. The second-order valence-electron chi connectivity index (χ2n) is 9.95. The fraction of sp³-hybridized carbons (Fsp3) is 0.276. The third kappa shape index (κ3) is 3.90. The van der Waals surface area contributed by atoms with Gasteiger partial charge in [0.25, 0.3) is 5.91 Å². The van der Waals surface area contributed by atoms with Crippen LogP contribution in [0.1, 0.15) is 58.9 Å². The highest BCUT2D eigenvalue weighted by Crippen LogP contribution is 2.46. The lowest BCUT2D eigenvalue weighted by molar-refractivity contribution is 0.0989. The monoisotopic (exact) mass is 558 g/mol. The first kappa shape index (κ1) is 25.8. The van der Waals surface area contributed by atoms with Crippen LogP contribution in [0.5, 0.6) is 11.9 Å². The summed E-state index contributed by atoms with van der Waals surface area (Å²) in [5.41, 5.74) is 5.61. The summed E-state index contributed by atoms with van der Waals surface area (Å²) in [7, 11) is 3.01. The fourth-order valence-electron chi connectivity index (χ4n) is 5.35. The maximum atomic E-state index is 14.3. The number of carbonyl (C=O) groups is 1. The van der Waals surface area contributed by atoms with Crippen molar-refractivity contribution in [3.05, 3.63) is 75.8 Å². The van der Waals surface area contributed by atoms with E-state index in [2.05, 4.69) is 19.7 Å². The highest BCUT2D eigenvalue weighted by atomic mass is 35.5. The Hall–Kier alpha value is -4.44. The molecule has 0 radical (unpaired) electrons. The molecule has 40 heavy (non-hydrogen) atoms. The fourth-order valence-corrected chi connectivity index (χ4v) is 5.48. The molecule has 1 unspecified atom stereocenters. The number of benzene rings is 2. The molecule has 0 fully saturated rings. The molecule has 2 aromatic carbocycles. The largest absolute Gasteiger partial charge is 0.480 e. The summed E-state index contributed by atoms with van der Waals surface area (Å²) in [6.45, 7) is 7.93. The van der Waals surface area contributed by atoms with Gasteiger partial charge in [-0.3, -0.25) is 9.69 Å². The van der Waals surface area contributed by atoms with Gasteiger partial charge in [-0.25, -0.2) is 9.97 Å². The number of imidazole rings is 1. The maximum Gasteiger partial charge on any atom is 0.319 e. The summed E-state index contributed by atoms with van der Waals surface area (Å²) >= 11 is 6.26. The molecule has 0 saturated heterocycles. The molecule has 4 heterocycles. The molecular formula is C29H27ClN6O4. The van der Waals surface area contributed by atoms with E-state index in [-0.39, 0.29) is 18.0 Å². The topological polar surface area (TPSA) is 108 Å². The zero-order valence-corrected chi connectivity index (χ0v) is 23.6. The molecule has 1 aliphatic heterocycles. The normalized spacial score (nSPS) is 14.8. The predicted octanol–water partition coefficient (Wildman–Crippen LogP) is 6.10. The summed E-state index contributed by atoms with van der Waals surface area (Å²) in [4.78, 5) is 29.6. The van der Waals surface area contributed by atoms with Crippen molar-refractivity contribution in [1.82, 2.24) is 24.7 Å². The number of aromatic nitrogens is 5. The Kier molecular flexibility index (Phi) is 6.22. The van der Waals surface area contributed by atoms with Crippen molar-refractivity contribution in [3.8, 4) is 23.3 Å². The van der Waals surface area contributed by atoms with Crippen molar-refractivity contribution < 1.29 is 18.8 Å². The molecule has 0 N–H and O–H groups in total. The summed E-state index contributed by atoms with van der Waals surface area (Å²) in [6.07, 6.45) is 1.60. The number of halogens is 1. The van der Waals surface area contributed by atoms with Crippen molar-refractivity contribution in [2.24, 2.45) is 0 Å². The summed E-state index contributed by atoms with van der Waals surface area (Å²) < 4.78 is 18.3. The van der Waals surface area contributed by atoms with E-state index >= 15 is 0 Å². The Morgan fingerprint density at radius 1 is 1.05 bits per heavy atom. The van der Waals surface area contributed by atoms with E-state index in [0.29, 0.717) is 33.6 Å². The van der Waals surface area contributed by atoms with Crippen molar-refractivity contribution in [3.63, 3.8) is 0 Å². The Bertz CT molecular complexity index is 1780. The van der Waals surface area contributed by atoms with Crippen LogP contribution >= 0.6 is 11.6 Å². The van der Waals surface area contributed by atoms with Gasteiger partial charge >= 0.3 is 6.01 Å². The number of fused-ring (bicyclic) bond motifs is 2. The van der Waals surface area contributed by atoms with Crippen LogP contribution in [-0.2, 0) is 0 Å². The van der Waals surface area contributed by atoms with E-state index in [0.717, 1.165) is 33.6 Å².